The summed E-state index contributed by atoms with van der Waals surface area (Å²) in [7, 11) is 0. The summed E-state index contributed by atoms with van der Waals surface area (Å²) in [4.78, 5) is 6.83. The highest BCUT2D eigenvalue weighted by atomic mass is 16.5. The standard InChI is InChI=1S/C17H24N6O/c1-13-3-4-15(11-14(13)2)20-16-12-19-22-17(21-16)18-5-6-23-7-9-24-10-8-23/h3-4,11-12H,5-10H2,1-2H3,(H2,18,20,21,22). The summed E-state index contributed by atoms with van der Waals surface area (Å²) in [5, 5.41) is 14.6. The minimum Gasteiger partial charge on any atom is -0.379 e. The fraction of sp³-hybridized carbons (Fsp3) is 0.471. The molecule has 1 aromatic carbocycles. The molecule has 0 radical (unpaired) electrons. The third-order valence-corrected chi connectivity index (χ3v) is 4.15. The van der Waals surface area contributed by atoms with Crippen molar-refractivity contribution >= 4 is 17.5 Å². The Labute approximate surface area is 142 Å². The van der Waals surface area contributed by atoms with E-state index in [0.29, 0.717) is 11.8 Å². The van der Waals surface area contributed by atoms with Crippen molar-refractivity contribution in [3.05, 3.63) is 35.5 Å². The Bertz CT molecular complexity index is 672. The molecule has 2 heterocycles. The summed E-state index contributed by atoms with van der Waals surface area (Å²) in [6, 6.07) is 6.23. The highest BCUT2D eigenvalue weighted by Crippen LogP contribution is 2.18. The monoisotopic (exact) mass is 328 g/mol. The fourth-order valence-corrected chi connectivity index (χ4v) is 2.56. The number of aromatic nitrogens is 3. The maximum Gasteiger partial charge on any atom is 0.244 e. The lowest BCUT2D eigenvalue weighted by Gasteiger charge is -2.26. The van der Waals surface area contributed by atoms with Crippen LogP contribution in [0.1, 0.15) is 11.1 Å². The van der Waals surface area contributed by atoms with E-state index in [9.17, 15) is 0 Å². The Hall–Kier alpha value is -2.25. The lowest BCUT2D eigenvalue weighted by Crippen LogP contribution is -2.39. The van der Waals surface area contributed by atoms with Crippen LogP contribution in [0.3, 0.4) is 0 Å². The Balaban J connectivity index is 1.54. The van der Waals surface area contributed by atoms with Crippen molar-refractivity contribution in [3.63, 3.8) is 0 Å². The summed E-state index contributed by atoms with van der Waals surface area (Å²) >= 11 is 0. The van der Waals surface area contributed by atoms with Gasteiger partial charge in [0.1, 0.15) is 0 Å². The lowest BCUT2D eigenvalue weighted by molar-refractivity contribution is 0.0398. The van der Waals surface area contributed by atoms with Crippen molar-refractivity contribution in [2.75, 3.05) is 50.0 Å². The normalized spacial score (nSPS) is 15.2. The molecule has 1 aliphatic rings. The number of ether oxygens (including phenoxy) is 1. The molecule has 0 spiro atoms. The zero-order valence-corrected chi connectivity index (χ0v) is 14.2. The molecule has 1 aliphatic heterocycles. The zero-order valence-electron chi connectivity index (χ0n) is 14.2. The first kappa shape index (κ1) is 16.6. The quantitative estimate of drug-likeness (QED) is 0.839. The summed E-state index contributed by atoms with van der Waals surface area (Å²) in [5.74, 6) is 1.22. The Morgan fingerprint density at radius 1 is 1.17 bits per heavy atom. The smallest absolute Gasteiger partial charge is 0.244 e. The second-order valence-electron chi connectivity index (χ2n) is 5.97. The van der Waals surface area contributed by atoms with Crippen LogP contribution in [0.15, 0.2) is 24.4 Å². The minimum atomic E-state index is 0.539. The first-order valence-corrected chi connectivity index (χ1v) is 8.29. The number of aryl methyl sites for hydroxylation is 2. The Morgan fingerprint density at radius 2 is 2.00 bits per heavy atom. The molecule has 128 valence electrons. The van der Waals surface area contributed by atoms with Crippen LogP contribution in [0.2, 0.25) is 0 Å². The molecule has 0 atom stereocenters. The topological polar surface area (TPSA) is 75.2 Å². The van der Waals surface area contributed by atoms with Crippen molar-refractivity contribution in [1.29, 1.82) is 0 Å². The third-order valence-electron chi connectivity index (χ3n) is 4.15. The van der Waals surface area contributed by atoms with Gasteiger partial charge in [-0.3, -0.25) is 4.90 Å². The molecule has 0 saturated carbocycles. The van der Waals surface area contributed by atoms with E-state index in [1.807, 2.05) is 6.07 Å². The predicted molar refractivity (Wildman–Crippen MR) is 94.8 cm³/mol. The molecular formula is C17H24N6O. The summed E-state index contributed by atoms with van der Waals surface area (Å²) in [6.07, 6.45) is 1.63. The van der Waals surface area contributed by atoms with Crippen LogP contribution >= 0.6 is 0 Å². The Kier molecular flexibility index (Phi) is 5.55. The van der Waals surface area contributed by atoms with Crippen molar-refractivity contribution in [2.45, 2.75) is 13.8 Å². The molecule has 7 heteroatoms. The van der Waals surface area contributed by atoms with Gasteiger partial charge in [0.15, 0.2) is 5.82 Å². The van der Waals surface area contributed by atoms with E-state index in [4.69, 9.17) is 4.74 Å². The Morgan fingerprint density at radius 3 is 2.79 bits per heavy atom. The van der Waals surface area contributed by atoms with Gasteiger partial charge in [0.25, 0.3) is 0 Å². The van der Waals surface area contributed by atoms with Crippen LogP contribution in [0.25, 0.3) is 0 Å². The molecule has 2 N–H and O–H groups in total. The molecule has 24 heavy (non-hydrogen) atoms. The number of hydrogen-bond acceptors (Lipinski definition) is 7. The van der Waals surface area contributed by atoms with Crippen molar-refractivity contribution in [2.24, 2.45) is 0 Å². The van der Waals surface area contributed by atoms with Crippen molar-refractivity contribution in [3.8, 4) is 0 Å². The number of benzene rings is 1. The zero-order chi connectivity index (χ0) is 16.8. The van der Waals surface area contributed by atoms with Crippen LogP contribution in [-0.2, 0) is 4.74 Å². The van der Waals surface area contributed by atoms with Crippen molar-refractivity contribution < 1.29 is 4.74 Å². The number of nitrogens with one attached hydrogen (secondary N) is 2. The maximum atomic E-state index is 5.35. The molecule has 7 nitrogen and oxygen atoms in total. The summed E-state index contributed by atoms with van der Waals surface area (Å²) < 4.78 is 5.35. The first-order valence-electron chi connectivity index (χ1n) is 8.29. The molecule has 1 aromatic heterocycles. The average Bonchev–Trinajstić information content (AvgIpc) is 2.60. The number of rotatable bonds is 6. The van der Waals surface area contributed by atoms with Crippen LogP contribution in [-0.4, -0.2) is 59.5 Å². The minimum absolute atomic E-state index is 0.539. The molecule has 0 aliphatic carbocycles. The third kappa shape index (κ3) is 4.62. The van der Waals surface area contributed by atoms with E-state index in [1.54, 1.807) is 6.20 Å². The molecule has 0 amide bonds. The summed E-state index contributed by atoms with van der Waals surface area (Å²) in [6.45, 7) is 9.51. The summed E-state index contributed by atoms with van der Waals surface area (Å²) in [5.41, 5.74) is 3.51. The molecule has 0 bridgehead atoms. The predicted octanol–water partition coefficient (Wildman–Crippen LogP) is 1.98. The number of hydrogen-bond donors (Lipinski definition) is 2. The largest absolute Gasteiger partial charge is 0.379 e. The van der Waals surface area contributed by atoms with Crippen LogP contribution in [0.5, 0.6) is 0 Å². The van der Waals surface area contributed by atoms with Gasteiger partial charge >= 0.3 is 0 Å². The molecular weight excluding hydrogens is 304 g/mol. The van der Waals surface area contributed by atoms with Gasteiger partial charge in [0.05, 0.1) is 19.4 Å². The number of nitrogens with zero attached hydrogens (tertiary/aromatic N) is 4. The van der Waals surface area contributed by atoms with Gasteiger partial charge < -0.3 is 15.4 Å². The highest BCUT2D eigenvalue weighted by Gasteiger charge is 2.09. The van der Waals surface area contributed by atoms with Crippen LogP contribution < -0.4 is 10.6 Å². The lowest BCUT2D eigenvalue weighted by atomic mass is 10.1. The molecule has 1 saturated heterocycles. The number of morpholine rings is 1. The van der Waals surface area contributed by atoms with Crippen molar-refractivity contribution in [1.82, 2.24) is 20.1 Å². The van der Waals surface area contributed by atoms with E-state index < -0.39 is 0 Å². The number of anilines is 3. The van der Waals surface area contributed by atoms with Gasteiger partial charge in [0.2, 0.25) is 5.95 Å². The SMILES string of the molecule is Cc1ccc(Nc2cnnc(NCCN3CCOCC3)n2)cc1C. The molecule has 0 unspecified atom stereocenters. The second kappa shape index (κ2) is 8.03. The van der Waals surface area contributed by atoms with Gasteiger partial charge in [-0.1, -0.05) is 6.07 Å². The fourth-order valence-electron chi connectivity index (χ4n) is 2.56. The van der Waals surface area contributed by atoms with E-state index in [1.165, 1.54) is 11.1 Å². The van der Waals surface area contributed by atoms with E-state index in [0.717, 1.165) is 45.1 Å². The molecule has 1 fully saturated rings. The van der Waals surface area contributed by atoms with Crippen LogP contribution in [0.4, 0.5) is 17.5 Å². The van der Waals surface area contributed by atoms with Gasteiger partial charge in [-0.25, -0.2) is 0 Å². The van der Waals surface area contributed by atoms with E-state index in [2.05, 4.69) is 56.7 Å². The molecule has 3 rings (SSSR count). The second-order valence-corrected chi connectivity index (χ2v) is 5.97. The average molecular weight is 328 g/mol. The van der Waals surface area contributed by atoms with Crippen LogP contribution in [0, 0.1) is 13.8 Å². The van der Waals surface area contributed by atoms with Gasteiger partial charge in [0, 0.05) is 31.9 Å². The van der Waals surface area contributed by atoms with Gasteiger partial charge in [-0.2, -0.15) is 10.1 Å². The maximum absolute atomic E-state index is 5.35. The van der Waals surface area contributed by atoms with Gasteiger partial charge in [-0.05, 0) is 37.1 Å². The van der Waals surface area contributed by atoms with E-state index >= 15 is 0 Å². The highest BCUT2D eigenvalue weighted by molar-refractivity contribution is 5.57. The first-order chi connectivity index (χ1) is 11.7. The van der Waals surface area contributed by atoms with Gasteiger partial charge in [-0.15, -0.1) is 5.10 Å². The van der Waals surface area contributed by atoms with E-state index in [-0.39, 0.29) is 0 Å². The molecule has 2 aromatic rings.